The maximum atomic E-state index is 16.9. The minimum absolute atomic E-state index is 0.512. The Morgan fingerprint density at radius 2 is 0.875 bits per heavy atom. The Kier molecular flexibility index (Phi) is 8.03. The van der Waals surface area contributed by atoms with E-state index in [9.17, 15) is 0 Å². The van der Waals surface area contributed by atoms with Crippen molar-refractivity contribution in [2.45, 2.75) is 5.41 Å². The molecule has 5 nitrogen and oxygen atoms in total. The molecule has 2 atom stereocenters. The van der Waals surface area contributed by atoms with Crippen LogP contribution in [-0.2, 0) is 9.98 Å². The molecule has 0 bridgehead atoms. The molecular weight excluding hydrogens is 800 g/mol. The van der Waals surface area contributed by atoms with Crippen molar-refractivity contribution in [2.75, 3.05) is 0 Å². The van der Waals surface area contributed by atoms with Gasteiger partial charge in [0.05, 0.1) is 22.1 Å². The topological polar surface area (TPSA) is 60.7 Å². The number of aromatic nitrogens is 4. The Morgan fingerprint density at radius 1 is 0.375 bits per heavy atom. The minimum Gasteiger partial charge on any atom is -0.309 e. The summed E-state index contributed by atoms with van der Waals surface area (Å²) in [4.78, 5) is 15.5. The van der Waals surface area contributed by atoms with Crippen LogP contribution in [0.3, 0.4) is 0 Å². The Balaban J connectivity index is 1.11. The molecule has 0 amide bonds. The van der Waals surface area contributed by atoms with Crippen LogP contribution in [0.15, 0.2) is 224 Å². The van der Waals surface area contributed by atoms with Gasteiger partial charge >= 0.3 is 0 Å². The second-order valence-corrected chi connectivity index (χ2v) is 19.3. The van der Waals surface area contributed by atoms with Crippen molar-refractivity contribution in [3.8, 4) is 51.0 Å². The van der Waals surface area contributed by atoms with E-state index in [0.29, 0.717) is 17.5 Å². The molecule has 2 aromatic heterocycles. The summed E-state index contributed by atoms with van der Waals surface area (Å²) in [5.74, 6) is 1.65. The Hall–Kier alpha value is -7.98. The van der Waals surface area contributed by atoms with Crippen molar-refractivity contribution < 1.29 is 4.57 Å². The number of nitrogens with zero attached hydrogens (tertiary/aromatic N) is 4. The second-order valence-electron chi connectivity index (χ2n) is 16.6. The fourth-order valence-corrected chi connectivity index (χ4v) is 13.8. The summed E-state index contributed by atoms with van der Waals surface area (Å²) >= 11 is 0. The number of benzene rings is 9. The molecule has 13 rings (SSSR count). The predicted octanol–water partition coefficient (Wildman–Crippen LogP) is 12.3. The summed E-state index contributed by atoms with van der Waals surface area (Å²) in [5.41, 5.74) is 11.7. The molecule has 2 aliphatic rings. The van der Waals surface area contributed by atoms with Crippen molar-refractivity contribution >= 4 is 44.9 Å². The Morgan fingerprint density at radius 3 is 1.62 bits per heavy atom. The summed E-state index contributed by atoms with van der Waals surface area (Å²) < 4.78 is 19.3. The summed E-state index contributed by atoms with van der Waals surface area (Å²) in [6.07, 6.45) is 0. The third-order valence-electron chi connectivity index (χ3n) is 13.3. The lowest BCUT2D eigenvalue weighted by atomic mass is 9.62. The van der Waals surface area contributed by atoms with Gasteiger partial charge in [0.15, 0.2) is 24.6 Å². The maximum Gasteiger partial charge on any atom is 0.171 e. The van der Waals surface area contributed by atoms with Crippen LogP contribution >= 0.6 is 7.14 Å². The molecule has 0 N–H and O–H groups in total. The van der Waals surface area contributed by atoms with Crippen LogP contribution in [0.25, 0.3) is 72.8 Å². The molecule has 0 saturated heterocycles. The first-order chi connectivity index (χ1) is 31.6. The van der Waals surface area contributed by atoms with Crippen LogP contribution in [0.5, 0.6) is 0 Å². The average molecular weight is 837 g/mol. The van der Waals surface area contributed by atoms with E-state index < -0.39 is 12.6 Å². The van der Waals surface area contributed by atoms with Gasteiger partial charge in [-0.15, -0.1) is 0 Å². The first-order valence-electron chi connectivity index (χ1n) is 21.6. The first kappa shape index (κ1) is 36.7. The molecule has 6 heteroatoms. The summed E-state index contributed by atoms with van der Waals surface area (Å²) in [7, 11) is -3.54. The van der Waals surface area contributed by atoms with E-state index in [1.807, 2.05) is 72.8 Å². The van der Waals surface area contributed by atoms with Gasteiger partial charge in [0, 0.05) is 43.4 Å². The highest BCUT2D eigenvalue weighted by Gasteiger charge is 2.54. The van der Waals surface area contributed by atoms with Crippen LogP contribution in [0.4, 0.5) is 0 Å². The van der Waals surface area contributed by atoms with Crippen molar-refractivity contribution in [1.29, 1.82) is 0 Å². The van der Waals surface area contributed by atoms with Gasteiger partial charge in [-0.05, 0) is 51.6 Å². The number of rotatable bonds is 5. The van der Waals surface area contributed by atoms with E-state index in [1.54, 1.807) is 0 Å². The van der Waals surface area contributed by atoms with Gasteiger partial charge in [-0.25, -0.2) is 15.0 Å². The lowest BCUT2D eigenvalue weighted by Gasteiger charge is -2.47. The third-order valence-corrected chi connectivity index (χ3v) is 16.5. The molecule has 1 spiro atoms. The quantitative estimate of drug-likeness (QED) is 0.162. The molecule has 11 aromatic rings. The van der Waals surface area contributed by atoms with E-state index in [4.69, 9.17) is 15.0 Å². The van der Waals surface area contributed by atoms with Crippen molar-refractivity contribution in [2.24, 2.45) is 0 Å². The largest absolute Gasteiger partial charge is 0.309 e. The molecule has 0 aliphatic carbocycles. The third kappa shape index (κ3) is 5.13. The van der Waals surface area contributed by atoms with E-state index in [2.05, 4.69) is 156 Å². The second kappa shape index (κ2) is 14.0. The van der Waals surface area contributed by atoms with Gasteiger partial charge in [0.1, 0.15) is 0 Å². The van der Waals surface area contributed by atoms with Crippen LogP contribution < -0.4 is 15.9 Å². The predicted molar refractivity (Wildman–Crippen MR) is 261 cm³/mol. The molecule has 2 unspecified atom stereocenters. The molecule has 2 aliphatic heterocycles. The van der Waals surface area contributed by atoms with Gasteiger partial charge in [0.25, 0.3) is 0 Å². The highest BCUT2D eigenvalue weighted by Crippen LogP contribution is 2.61. The lowest BCUT2D eigenvalue weighted by molar-refractivity contribution is 0.590. The van der Waals surface area contributed by atoms with Gasteiger partial charge in [-0.3, -0.25) is 0 Å². The standard InChI is InChI=1S/C58H37N4OP/c63-64(43-21-8-3-9-22-43)52-30-15-12-26-47(52)58(46-25-11-14-29-51(46)62-50-28-13-10-23-44(50)45-24-16-27-49(58)54(45)62)48-36-35-42(37-53(48)64)57-60-55(40-19-6-2-7-20-40)59-56(61-57)41-33-31-39(32-34-41)38-17-4-1-5-18-38/h1-37H. The number of para-hydroxylation sites is 3. The molecule has 300 valence electrons. The Labute approximate surface area is 370 Å². The monoisotopic (exact) mass is 836 g/mol. The minimum atomic E-state index is -3.54. The van der Waals surface area contributed by atoms with Crippen molar-refractivity contribution in [1.82, 2.24) is 19.5 Å². The lowest BCUT2D eigenvalue weighted by Crippen LogP contribution is -2.48. The molecule has 0 saturated carbocycles. The van der Waals surface area contributed by atoms with E-state index in [1.165, 1.54) is 10.8 Å². The van der Waals surface area contributed by atoms with E-state index >= 15 is 4.57 Å². The fourth-order valence-electron chi connectivity index (χ4n) is 10.6. The molecule has 64 heavy (non-hydrogen) atoms. The van der Waals surface area contributed by atoms with E-state index in [-0.39, 0.29) is 0 Å². The molecule has 0 radical (unpaired) electrons. The maximum absolute atomic E-state index is 16.9. The van der Waals surface area contributed by atoms with Crippen molar-refractivity contribution in [3.63, 3.8) is 0 Å². The highest BCUT2D eigenvalue weighted by atomic mass is 31.2. The van der Waals surface area contributed by atoms with Crippen LogP contribution in [0.2, 0.25) is 0 Å². The smallest absolute Gasteiger partial charge is 0.171 e. The average Bonchev–Trinajstić information content (AvgIpc) is 3.72. The zero-order valence-electron chi connectivity index (χ0n) is 34.5. The number of hydrogen-bond acceptors (Lipinski definition) is 4. The number of hydrogen-bond donors (Lipinski definition) is 0. The first-order valence-corrected chi connectivity index (χ1v) is 23.3. The normalized spacial score (nSPS) is 16.9. The van der Waals surface area contributed by atoms with Gasteiger partial charge < -0.3 is 9.13 Å². The van der Waals surface area contributed by atoms with Gasteiger partial charge in [-0.1, -0.05) is 206 Å². The Bertz CT molecular complexity index is 3700. The van der Waals surface area contributed by atoms with E-state index in [0.717, 1.165) is 82.7 Å². The zero-order chi connectivity index (χ0) is 42.4. The molecule has 9 aromatic carbocycles. The SMILES string of the molecule is O=P1(c2ccccc2)c2ccccc2C2(c3ccccc3-n3c4ccccc4c4cccc2c43)c2ccc(-c3nc(-c4ccccc4)nc(-c4ccc(-c5ccccc5)cc4)n3)cc21. The van der Waals surface area contributed by atoms with Crippen LogP contribution in [-0.4, -0.2) is 19.5 Å². The van der Waals surface area contributed by atoms with Gasteiger partial charge in [-0.2, -0.15) is 0 Å². The fraction of sp³-hybridized carbons (Fsp3) is 0.0172. The molecular formula is C58H37N4OP. The summed E-state index contributed by atoms with van der Waals surface area (Å²) in [6.45, 7) is 0. The number of fused-ring (bicyclic) bond motifs is 11. The van der Waals surface area contributed by atoms with Crippen molar-refractivity contribution in [3.05, 3.63) is 247 Å². The molecule has 0 fully saturated rings. The van der Waals surface area contributed by atoms with Crippen LogP contribution in [0.1, 0.15) is 22.3 Å². The summed E-state index contributed by atoms with van der Waals surface area (Å²) in [5, 5.41) is 4.79. The zero-order valence-corrected chi connectivity index (χ0v) is 35.4. The highest BCUT2D eigenvalue weighted by molar-refractivity contribution is 7.85. The molecule has 4 heterocycles. The van der Waals surface area contributed by atoms with Crippen LogP contribution in [0, 0.1) is 0 Å². The van der Waals surface area contributed by atoms with Gasteiger partial charge in [0.2, 0.25) is 0 Å². The summed E-state index contributed by atoms with van der Waals surface area (Å²) in [6, 6.07) is 77.9.